The van der Waals surface area contributed by atoms with Gasteiger partial charge in [-0.2, -0.15) is 0 Å². The number of hydrogen-bond donors (Lipinski definition) is 2. The van der Waals surface area contributed by atoms with Crippen LogP contribution in [0, 0.1) is 11.6 Å². The van der Waals surface area contributed by atoms with E-state index < -0.39 is 19.2 Å². The van der Waals surface area contributed by atoms with E-state index >= 15 is 0 Å². The number of nitrogens with zero attached hydrogens (tertiary/aromatic N) is 3. The first-order valence-electron chi connectivity index (χ1n) is 5.75. The second kappa shape index (κ2) is 5.78. The van der Waals surface area contributed by atoms with Gasteiger partial charge >= 0.3 is 7.60 Å². The zero-order chi connectivity index (χ0) is 14.8. The van der Waals surface area contributed by atoms with Crippen LogP contribution in [0.4, 0.5) is 8.78 Å². The molecule has 0 aliphatic carbocycles. The fourth-order valence-corrected chi connectivity index (χ4v) is 2.19. The van der Waals surface area contributed by atoms with Crippen molar-refractivity contribution in [2.75, 3.05) is 6.16 Å². The lowest BCUT2D eigenvalue weighted by Crippen LogP contribution is -2.01. The molecule has 0 atom stereocenters. The molecule has 0 saturated heterocycles. The van der Waals surface area contributed by atoms with Crippen molar-refractivity contribution >= 4 is 7.60 Å². The first-order chi connectivity index (χ1) is 9.35. The summed E-state index contributed by atoms with van der Waals surface area (Å²) in [7, 11) is -4.02. The van der Waals surface area contributed by atoms with Crippen LogP contribution < -0.4 is 0 Å². The first kappa shape index (κ1) is 14.8. The third-order valence-corrected chi connectivity index (χ3v) is 3.49. The Labute approximate surface area is 113 Å². The summed E-state index contributed by atoms with van der Waals surface area (Å²) >= 11 is 0. The predicted octanol–water partition coefficient (Wildman–Crippen LogP) is 1.79. The molecule has 0 fully saturated rings. The highest BCUT2D eigenvalue weighted by Crippen LogP contribution is 2.34. The van der Waals surface area contributed by atoms with E-state index in [4.69, 9.17) is 9.79 Å². The van der Waals surface area contributed by atoms with E-state index in [-0.39, 0.29) is 19.1 Å². The first-order valence-corrected chi connectivity index (χ1v) is 7.55. The van der Waals surface area contributed by atoms with Crippen LogP contribution in [-0.2, 0) is 11.1 Å². The summed E-state index contributed by atoms with van der Waals surface area (Å²) in [5.41, 5.74) is 0.741. The molecule has 6 nitrogen and oxygen atoms in total. The summed E-state index contributed by atoms with van der Waals surface area (Å²) in [4.78, 5) is 17.4. The van der Waals surface area contributed by atoms with Crippen molar-refractivity contribution in [1.29, 1.82) is 0 Å². The fraction of sp³-hybridized carbons (Fsp3) is 0.273. The molecule has 0 spiro atoms. The molecule has 108 valence electrons. The Morgan fingerprint density at radius 3 is 2.65 bits per heavy atom. The van der Waals surface area contributed by atoms with E-state index in [0.29, 0.717) is 11.3 Å². The largest absolute Gasteiger partial charge is 0.325 e. The maximum atomic E-state index is 13.1. The van der Waals surface area contributed by atoms with Crippen LogP contribution in [0.5, 0.6) is 0 Å². The number of benzene rings is 1. The summed E-state index contributed by atoms with van der Waals surface area (Å²) in [5.74, 6) is -1.92. The quantitative estimate of drug-likeness (QED) is 0.822. The average molecular weight is 303 g/mol. The Morgan fingerprint density at radius 2 is 2.00 bits per heavy atom. The van der Waals surface area contributed by atoms with Crippen molar-refractivity contribution < 1.29 is 23.1 Å². The van der Waals surface area contributed by atoms with Gasteiger partial charge in [-0.1, -0.05) is 5.21 Å². The number of rotatable bonds is 5. The van der Waals surface area contributed by atoms with E-state index in [9.17, 15) is 13.3 Å². The van der Waals surface area contributed by atoms with Crippen LogP contribution in [-0.4, -0.2) is 30.9 Å². The highest BCUT2D eigenvalue weighted by Gasteiger charge is 2.12. The van der Waals surface area contributed by atoms with E-state index in [0.717, 1.165) is 12.1 Å². The SMILES string of the molecule is O=P(O)(O)CCCn1cc(-c2ccc(F)c(F)c2)nn1. The second-order valence-corrected chi connectivity index (χ2v) is 6.01. The number of aryl methyl sites for hydroxylation is 1. The maximum Gasteiger partial charge on any atom is 0.325 e. The van der Waals surface area contributed by atoms with Crippen LogP contribution >= 0.6 is 7.60 Å². The summed E-state index contributed by atoms with van der Waals surface area (Å²) < 4.78 is 38.0. The second-order valence-electron chi connectivity index (χ2n) is 4.24. The molecule has 20 heavy (non-hydrogen) atoms. The molecule has 0 unspecified atom stereocenters. The lowest BCUT2D eigenvalue weighted by atomic mass is 10.1. The molecule has 0 aliphatic heterocycles. The zero-order valence-electron chi connectivity index (χ0n) is 10.3. The molecule has 0 amide bonds. The molecule has 0 bridgehead atoms. The van der Waals surface area contributed by atoms with Gasteiger partial charge < -0.3 is 9.79 Å². The smallest absolute Gasteiger partial charge is 0.324 e. The summed E-state index contributed by atoms with van der Waals surface area (Å²) in [6.45, 7) is 0.280. The predicted molar refractivity (Wildman–Crippen MR) is 66.9 cm³/mol. The van der Waals surface area contributed by atoms with Gasteiger partial charge in [-0.25, -0.2) is 8.78 Å². The van der Waals surface area contributed by atoms with E-state index in [1.165, 1.54) is 16.9 Å². The maximum absolute atomic E-state index is 13.1. The molecule has 1 aromatic carbocycles. The third-order valence-electron chi connectivity index (χ3n) is 2.59. The van der Waals surface area contributed by atoms with Crippen molar-refractivity contribution in [3.8, 4) is 11.3 Å². The minimum atomic E-state index is -4.02. The standard InChI is InChI=1S/C11H12F2N3O3P/c12-9-3-2-8(6-10(9)13)11-7-16(15-14-11)4-1-5-20(17,18)19/h2-3,6-7H,1,4-5H2,(H2,17,18,19). The van der Waals surface area contributed by atoms with E-state index in [1.807, 2.05) is 0 Å². The molecular formula is C11H12F2N3O3P. The third kappa shape index (κ3) is 3.93. The minimum absolute atomic E-state index is 0.241. The van der Waals surface area contributed by atoms with Crippen molar-refractivity contribution in [2.24, 2.45) is 0 Å². The molecule has 2 aromatic rings. The van der Waals surface area contributed by atoms with Crippen LogP contribution in [0.15, 0.2) is 24.4 Å². The lowest BCUT2D eigenvalue weighted by molar-refractivity contribution is 0.369. The van der Waals surface area contributed by atoms with E-state index in [1.54, 1.807) is 0 Å². The normalized spacial score (nSPS) is 11.8. The molecule has 2 rings (SSSR count). The van der Waals surface area contributed by atoms with Gasteiger partial charge in [0.1, 0.15) is 5.69 Å². The van der Waals surface area contributed by atoms with Crippen molar-refractivity contribution in [3.63, 3.8) is 0 Å². The summed E-state index contributed by atoms with van der Waals surface area (Å²) in [6.07, 6.45) is 1.50. The topological polar surface area (TPSA) is 88.2 Å². The Bertz CT molecular complexity index is 656. The van der Waals surface area contributed by atoms with Crippen LogP contribution in [0.25, 0.3) is 11.3 Å². The summed E-state index contributed by atoms with van der Waals surface area (Å²) in [5, 5.41) is 7.56. The monoisotopic (exact) mass is 303 g/mol. The Balaban J connectivity index is 2.05. The molecule has 0 radical (unpaired) electrons. The lowest BCUT2D eigenvalue weighted by Gasteiger charge is -2.02. The summed E-state index contributed by atoms with van der Waals surface area (Å²) in [6, 6.07) is 3.39. The number of aromatic nitrogens is 3. The zero-order valence-corrected chi connectivity index (χ0v) is 11.2. The molecule has 1 heterocycles. The fourth-order valence-electron chi connectivity index (χ4n) is 1.63. The average Bonchev–Trinajstić information content (AvgIpc) is 2.80. The van der Waals surface area contributed by atoms with Crippen LogP contribution in [0.2, 0.25) is 0 Å². The Hall–Kier alpha value is -1.63. The van der Waals surface area contributed by atoms with Gasteiger partial charge in [-0.3, -0.25) is 9.25 Å². The van der Waals surface area contributed by atoms with Crippen LogP contribution in [0.3, 0.4) is 0 Å². The van der Waals surface area contributed by atoms with Crippen LogP contribution in [0.1, 0.15) is 6.42 Å². The van der Waals surface area contributed by atoms with Gasteiger partial charge in [0.05, 0.1) is 12.4 Å². The molecule has 9 heteroatoms. The molecule has 2 N–H and O–H groups in total. The van der Waals surface area contributed by atoms with Gasteiger partial charge in [0.15, 0.2) is 11.6 Å². The van der Waals surface area contributed by atoms with Crippen molar-refractivity contribution in [2.45, 2.75) is 13.0 Å². The minimum Gasteiger partial charge on any atom is -0.324 e. The molecule has 0 aliphatic rings. The van der Waals surface area contributed by atoms with Gasteiger partial charge in [0, 0.05) is 12.1 Å². The highest BCUT2D eigenvalue weighted by atomic mass is 31.2. The van der Waals surface area contributed by atoms with Gasteiger partial charge in [0.2, 0.25) is 0 Å². The number of halogens is 2. The Morgan fingerprint density at radius 1 is 1.25 bits per heavy atom. The van der Waals surface area contributed by atoms with Gasteiger partial charge in [-0.15, -0.1) is 5.10 Å². The molecular weight excluding hydrogens is 291 g/mol. The molecule has 1 aromatic heterocycles. The van der Waals surface area contributed by atoms with Crippen molar-refractivity contribution in [3.05, 3.63) is 36.0 Å². The van der Waals surface area contributed by atoms with Gasteiger partial charge in [0.25, 0.3) is 0 Å². The van der Waals surface area contributed by atoms with Crippen molar-refractivity contribution in [1.82, 2.24) is 15.0 Å². The van der Waals surface area contributed by atoms with E-state index in [2.05, 4.69) is 10.3 Å². The molecule has 0 saturated carbocycles. The van der Waals surface area contributed by atoms with Gasteiger partial charge in [-0.05, 0) is 24.6 Å². The number of hydrogen-bond acceptors (Lipinski definition) is 3. The Kier molecular flexibility index (Phi) is 4.27. The highest BCUT2D eigenvalue weighted by molar-refractivity contribution is 7.51.